The Hall–Kier alpha value is -3.59. The lowest BCUT2D eigenvalue weighted by molar-refractivity contribution is -0.342. The van der Waals surface area contributed by atoms with Crippen molar-refractivity contribution in [3.8, 4) is 5.75 Å². The van der Waals surface area contributed by atoms with E-state index in [1.165, 1.54) is 0 Å². The van der Waals surface area contributed by atoms with Crippen molar-refractivity contribution in [3.63, 3.8) is 0 Å². The third kappa shape index (κ3) is 2.18. The third-order valence-electron chi connectivity index (χ3n) is 4.89. The molecular formula is C23H17N2O+. The number of aromatic hydroxyl groups is 1. The summed E-state index contributed by atoms with van der Waals surface area (Å²) in [5.41, 5.74) is 7.28. The number of rotatable bonds is 2. The molecule has 0 spiro atoms. The molecule has 0 unspecified atom stereocenters. The minimum absolute atomic E-state index is 0.276. The molecule has 0 saturated heterocycles. The summed E-state index contributed by atoms with van der Waals surface area (Å²) in [7, 11) is 0. The highest BCUT2D eigenvalue weighted by Crippen LogP contribution is 2.40. The molecule has 124 valence electrons. The van der Waals surface area contributed by atoms with E-state index in [0.29, 0.717) is 0 Å². The van der Waals surface area contributed by atoms with E-state index in [1.807, 2.05) is 54.9 Å². The summed E-state index contributed by atoms with van der Waals surface area (Å²) in [6, 6.07) is 24.0. The summed E-state index contributed by atoms with van der Waals surface area (Å²) in [6.07, 6.45) is 4.04. The molecule has 3 nitrogen and oxygen atoms in total. The number of hydrogen-bond acceptors (Lipinski definition) is 1. The maximum atomic E-state index is 10.6. The highest BCUT2D eigenvalue weighted by atomic mass is 16.3. The Balaban J connectivity index is 1.88. The molecule has 0 radical (unpaired) electrons. The fourth-order valence-electron chi connectivity index (χ4n) is 3.68. The Labute approximate surface area is 151 Å². The monoisotopic (exact) mass is 337 g/mol. The molecule has 26 heavy (non-hydrogen) atoms. The molecule has 3 heteroatoms. The summed E-state index contributed by atoms with van der Waals surface area (Å²) in [5, 5.41) is 11.7. The maximum Gasteiger partial charge on any atom is 0.211 e. The van der Waals surface area contributed by atoms with Crippen LogP contribution in [0.15, 0.2) is 79.0 Å². The van der Waals surface area contributed by atoms with Gasteiger partial charge in [-0.3, -0.25) is 0 Å². The first-order valence-corrected chi connectivity index (χ1v) is 8.61. The third-order valence-corrected chi connectivity index (χ3v) is 4.89. The van der Waals surface area contributed by atoms with Crippen molar-refractivity contribution in [3.05, 3.63) is 95.7 Å². The van der Waals surface area contributed by atoms with Crippen molar-refractivity contribution < 1.29 is 10.1 Å². The summed E-state index contributed by atoms with van der Waals surface area (Å²) in [5.74, 6) is 0.276. The first-order valence-electron chi connectivity index (χ1n) is 8.61. The number of allylic oxidation sites excluding steroid dienone is 1. The highest BCUT2D eigenvalue weighted by Gasteiger charge is 2.25. The molecule has 3 aromatic carbocycles. The molecule has 0 saturated carbocycles. The van der Waals surface area contributed by atoms with Gasteiger partial charge in [-0.1, -0.05) is 48.5 Å². The molecule has 4 aromatic rings. The summed E-state index contributed by atoms with van der Waals surface area (Å²) in [4.78, 5) is 6.71. The van der Waals surface area contributed by atoms with E-state index in [4.69, 9.17) is 0 Å². The maximum absolute atomic E-state index is 10.6. The summed E-state index contributed by atoms with van der Waals surface area (Å²) >= 11 is 0. The van der Waals surface area contributed by atoms with E-state index in [-0.39, 0.29) is 5.75 Å². The van der Waals surface area contributed by atoms with Gasteiger partial charge in [0.2, 0.25) is 5.69 Å². The number of para-hydroxylation sites is 3. The van der Waals surface area contributed by atoms with Gasteiger partial charge in [-0.05, 0) is 18.2 Å². The second-order valence-electron chi connectivity index (χ2n) is 6.39. The van der Waals surface area contributed by atoms with Crippen molar-refractivity contribution in [2.45, 2.75) is 0 Å². The second kappa shape index (κ2) is 5.74. The summed E-state index contributed by atoms with van der Waals surface area (Å²) < 4.78 is 0. The van der Waals surface area contributed by atoms with Gasteiger partial charge in [0.1, 0.15) is 5.75 Å². The lowest BCUT2D eigenvalue weighted by Gasteiger charge is -2.12. The average molecular weight is 337 g/mol. The second-order valence-corrected chi connectivity index (χ2v) is 6.39. The van der Waals surface area contributed by atoms with Gasteiger partial charge in [0, 0.05) is 39.9 Å². The van der Waals surface area contributed by atoms with E-state index in [0.717, 1.165) is 44.4 Å². The largest absolute Gasteiger partial charge is 0.507 e. The van der Waals surface area contributed by atoms with Crippen LogP contribution in [0.2, 0.25) is 0 Å². The topological polar surface area (TPSA) is 50.0 Å². The Morgan fingerprint density at radius 3 is 2.50 bits per heavy atom. The van der Waals surface area contributed by atoms with Crippen LogP contribution in [0, 0.1) is 0 Å². The molecule has 0 atom stereocenters. The van der Waals surface area contributed by atoms with Gasteiger partial charge in [-0.25, -0.2) is 4.99 Å². The van der Waals surface area contributed by atoms with Gasteiger partial charge in [-0.15, -0.1) is 0 Å². The summed E-state index contributed by atoms with van der Waals surface area (Å²) in [6.45, 7) is 0. The van der Waals surface area contributed by atoms with Crippen LogP contribution in [-0.2, 0) is 0 Å². The van der Waals surface area contributed by atoms with Crippen molar-refractivity contribution in [1.29, 1.82) is 0 Å². The molecule has 1 aliphatic heterocycles. The van der Waals surface area contributed by atoms with Crippen molar-refractivity contribution in [2.24, 2.45) is 0 Å². The fraction of sp³-hybridized carbons (Fsp3) is 0. The van der Waals surface area contributed by atoms with E-state index in [2.05, 4.69) is 34.2 Å². The first kappa shape index (κ1) is 14.7. The normalized spacial score (nSPS) is 14.6. The van der Waals surface area contributed by atoms with Crippen molar-refractivity contribution >= 4 is 34.0 Å². The number of nitrogens with one attached hydrogen (secondary N) is 2. The lowest BCUT2D eigenvalue weighted by Crippen LogP contribution is -2.58. The fourth-order valence-corrected chi connectivity index (χ4v) is 3.68. The minimum atomic E-state index is 0.276. The molecule has 0 fully saturated rings. The molecule has 2 heterocycles. The first-order chi connectivity index (χ1) is 12.8. The van der Waals surface area contributed by atoms with E-state index >= 15 is 0 Å². The number of H-pyrrole nitrogens is 1. The Bertz CT molecular complexity index is 1200. The van der Waals surface area contributed by atoms with Crippen LogP contribution in [-0.4, -0.2) is 16.3 Å². The molecule has 3 N–H and O–H groups in total. The Kier molecular flexibility index (Phi) is 3.25. The molecule has 1 aromatic heterocycles. The van der Waals surface area contributed by atoms with Gasteiger partial charge in [0.05, 0.1) is 11.1 Å². The zero-order valence-electron chi connectivity index (χ0n) is 14.0. The van der Waals surface area contributed by atoms with Crippen molar-refractivity contribution in [1.82, 2.24) is 4.98 Å². The number of hydrogen-bond donors (Lipinski definition) is 3. The van der Waals surface area contributed by atoms with Crippen LogP contribution in [0.1, 0.15) is 16.7 Å². The number of phenols is 1. The Morgan fingerprint density at radius 1 is 0.808 bits per heavy atom. The van der Waals surface area contributed by atoms with E-state index in [1.54, 1.807) is 6.07 Å². The molecule has 1 aliphatic rings. The molecular weight excluding hydrogens is 320 g/mol. The number of aromatic nitrogens is 1. The quantitative estimate of drug-likeness (QED) is 0.514. The number of aromatic amines is 1. The van der Waals surface area contributed by atoms with Crippen LogP contribution in [0.4, 0.5) is 5.69 Å². The van der Waals surface area contributed by atoms with Gasteiger partial charge >= 0.3 is 0 Å². The average Bonchev–Trinajstić information content (AvgIpc) is 3.29. The SMILES string of the molecule is Oc1ccccc1/C(=C1/C=[NH+]c2ccccc21)c1c[nH]c2ccccc12. The van der Waals surface area contributed by atoms with Gasteiger partial charge in [0.25, 0.3) is 0 Å². The van der Waals surface area contributed by atoms with E-state index < -0.39 is 0 Å². The van der Waals surface area contributed by atoms with E-state index in [9.17, 15) is 5.11 Å². The number of benzene rings is 3. The van der Waals surface area contributed by atoms with Gasteiger partial charge in [-0.2, -0.15) is 0 Å². The number of fused-ring (bicyclic) bond motifs is 2. The molecule has 0 bridgehead atoms. The van der Waals surface area contributed by atoms with Gasteiger partial charge < -0.3 is 10.1 Å². The van der Waals surface area contributed by atoms with Crippen LogP contribution in [0.5, 0.6) is 5.75 Å². The van der Waals surface area contributed by atoms with Gasteiger partial charge in [0.15, 0.2) is 6.21 Å². The lowest BCUT2D eigenvalue weighted by atomic mass is 9.89. The smallest absolute Gasteiger partial charge is 0.211 e. The molecule has 5 rings (SSSR count). The zero-order chi connectivity index (χ0) is 17.5. The zero-order valence-corrected chi connectivity index (χ0v) is 14.0. The molecule has 0 aliphatic carbocycles. The van der Waals surface area contributed by atoms with Crippen LogP contribution in [0.25, 0.3) is 22.0 Å². The standard InChI is InChI=1S/C23H16N2O/c26-22-12-6-3-9-17(22)23(18-13-24-20-10-4-1-7-15(18)20)19-14-25-21-11-5-2-8-16(19)21/h1-14,24,26H/p+1/b23-19+. The van der Waals surface area contributed by atoms with Crippen LogP contribution in [0.3, 0.4) is 0 Å². The predicted molar refractivity (Wildman–Crippen MR) is 105 cm³/mol. The number of phenolic OH excluding ortho intramolecular Hbond substituents is 1. The van der Waals surface area contributed by atoms with Crippen molar-refractivity contribution in [2.75, 3.05) is 0 Å². The predicted octanol–water partition coefficient (Wildman–Crippen LogP) is 3.63. The highest BCUT2D eigenvalue weighted by molar-refractivity contribution is 6.25. The van der Waals surface area contributed by atoms with Crippen LogP contribution < -0.4 is 4.99 Å². The van der Waals surface area contributed by atoms with Crippen LogP contribution >= 0.6 is 0 Å². The molecule has 0 amide bonds. The Morgan fingerprint density at radius 2 is 1.58 bits per heavy atom. The minimum Gasteiger partial charge on any atom is -0.507 e.